The van der Waals surface area contributed by atoms with Crippen LogP contribution in [-0.2, 0) is 4.74 Å². The summed E-state index contributed by atoms with van der Waals surface area (Å²) < 4.78 is 5.59. The van der Waals surface area contributed by atoms with Gasteiger partial charge < -0.3 is 10.1 Å². The van der Waals surface area contributed by atoms with Crippen LogP contribution in [0.15, 0.2) is 0 Å². The van der Waals surface area contributed by atoms with Gasteiger partial charge in [-0.25, -0.2) is 0 Å². The number of hydrogen-bond donors (Lipinski definition) is 1. The highest BCUT2D eigenvalue weighted by atomic mass is 16.5. The highest BCUT2D eigenvalue weighted by molar-refractivity contribution is 4.92. The van der Waals surface area contributed by atoms with E-state index in [1.54, 1.807) is 0 Å². The first-order valence-electron chi connectivity index (χ1n) is 8.55. The standard InChI is InChI=1S/C16H31N3O/c1-13(9-15-12-20-8-6-17-15)19-11-16-5-3-4-7-18(16)10-14(19)2/h13-17H,3-12H2,1-2H3. The molecular weight excluding hydrogens is 250 g/mol. The lowest BCUT2D eigenvalue weighted by Crippen LogP contribution is -2.61. The third kappa shape index (κ3) is 3.35. The third-order valence-corrected chi connectivity index (χ3v) is 5.43. The maximum Gasteiger partial charge on any atom is 0.0620 e. The second kappa shape index (κ2) is 6.73. The normalized spacial score (nSPS) is 38.4. The Morgan fingerprint density at radius 2 is 2.20 bits per heavy atom. The van der Waals surface area contributed by atoms with E-state index in [9.17, 15) is 0 Å². The van der Waals surface area contributed by atoms with Crippen LogP contribution in [0, 0.1) is 0 Å². The first-order valence-corrected chi connectivity index (χ1v) is 8.55. The van der Waals surface area contributed by atoms with E-state index in [2.05, 4.69) is 29.0 Å². The molecule has 0 bridgehead atoms. The monoisotopic (exact) mass is 281 g/mol. The molecule has 3 fully saturated rings. The maximum absolute atomic E-state index is 5.59. The van der Waals surface area contributed by atoms with Crippen LogP contribution in [0.3, 0.4) is 0 Å². The van der Waals surface area contributed by atoms with Crippen molar-refractivity contribution >= 4 is 0 Å². The number of hydrogen-bond acceptors (Lipinski definition) is 4. The average molecular weight is 281 g/mol. The fourth-order valence-corrected chi connectivity index (χ4v) is 4.31. The van der Waals surface area contributed by atoms with Crippen LogP contribution in [0.4, 0.5) is 0 Å². The first-order chi connectivity index (χ1) is 9.74. The van der Waals surface area contributed by atoms with E-state index in [0.717, 1.165) is 25.8 Å². The van der Waals surface area contributed by atoms with Crippen molar-refractivity contribution in [3.8, 4) is 0 Å². The van der Waals surface area contributed by atoms with Crippen molar-refractivity contribution in [1.82, 2.24) is 15.1 Å². The molecule has 4 nitrogen and oxygen atoms in total. The largest absolute Gasteiger partial charge is 0.379 e. The van der Waals surface area contributed by atoms with Gasteiger partial charge in [0.15, 0.2) is 0 Å². The maximum atomic E-state index is 5.59. The molecule has 0 saturated carbocycles. The second-order valence-corrected chi connectivity index (χ2v) is 7.00. The highest BCUT2D eigenvalue weighted by Gasteiger charge is 2.35. The summed E-state index contributed by atoms with van der Waals surface area (Å²) in [4.78, 5) is 5.49. The van der Waals surface area contributed by atoms with Gasteiger partial charge in [-0.3, -0.25) is 9.80 Å². The van der Waals surface area contributed by atoms with Crippen molar-refractivity contribution in [2.45, 2.75) is 63.7 Å². The summed E-state index contributed by atoms with van der Waals surface area (Å²) in [5.41, 5.74) is 0. The van der Waals surface area contributed by atoms with Gasteiger partial charge in [-0.05, 0) is 39.7 Å². The number of nitrogens with zero attached hydrogens (tertiary/aromatic N) is 2. The third-order valence-electron chi connectivity index (χ3n) is 5.43. The molecule has 20 heavy (non-hydrogen) atoms. The Morgan fingerprint density at radius 1 is 1.30 bits per heavy atom. The van der Waals surface area contributed by atoms with Gasteiger partial charge in [-0.2, -0.15) is 0 Å². The van der Waals surface area contributed by atoms with Crippen LogP contribution >= 0.6 is 0 Å². The van der Waals surface area contributed by atoms with Crippen molar-refractivity contribution < 1.29 is 4.74 Å². The fourth-order valence-electron chi connectivity index (χ4n) is 4.31. The molecule has 3 rings (SSSR count). The second-order valence-electron chi connectivity index (χ2n) is 7.00. The van der Waals surface area contributed by atoms with Crippen molar-refractivity contribution in [2.75, 3.05) is 39.4 Å². The molecule has 4 unspecified atom stereocenters. The van der Waals surface area contributed by atoms with E-state index in [0.29, 0.717) is 18.1 Å². The van der Waals surface area contributed by atoms with E-state index in [1.165, 1.54) is 45.3 Å². The number of piperazine rings is 1. The minimum absolute atomic E-state index is 0.551. The van der Waals surface area contributed by atoms with Gasteiger partial charge in [0.2, 0.25) is 0 Å². The molecule has 3 saturated heterocycles. The predicted octanol–water partition coefficient (Wildman–Crippen LogP) is 1.31. The highest BCUT2D eigenvalue weighted by Crippen LogP contribution is 2.26. The average Bonchev–Trinajstić information content (AvgIpc) is 2.47. The Balaban J connectivity index is 1.54. The molecule has 4 atom stereocenters. The first kappa shape index (κ1) is 14.8. The zero-order valence-corrected chi connectivity index (χ0v) is 13.2. The summed E-state index contributed by atoms with van der Waals surface area (Å²) in [6.45, 7) is 11.5. The predicted molar refractivity (Wildman–Crippen MR) is 82.1 cm³/mol. The Bertz CT molecular complexity index is 306. The van der Waals surface area contributed by atoms with Gasteiger partial charge in [-0.1, -0.05) is 6.42 Å². The summed E-state index contributed by atoms with van der Waals surface area (Å²) >= 11 is 0. The van der Waals surface area contributed by atoms with E-state index in [-0.39, 0.29) is 0 Å². The van der Waals surface area contributed by atoms with Gasteiger partial charge in [0.05, 0.1) is 13.2 Å². The molecule has 0 aliphatic carbocycles. The lowest BCUT2D eigenvalue weighted by Gasteiger charge is -2.50. The van der Waals surface area contributed by atoms with Crippen molar-refractivity contribution in [3.63, 3.8) is 0 Å². The quantitative estimate of drug-likeness (QED) is 0.844. The number of ether oxygens (including phenoxy) is 1. The van der Waals surface area contributed by atoms with E-state index in [4.69, 9.17) is 4.74 Å². The molecule has 0 spiro atoms. The Morgan fingerprint density at radius 3 is 3.00 bits per heavy atom. The van der Waals surface area contributed by atoms with Crippen LogP contribution < -0.4 is 5.32 Å². The van der Waals surface area contributed by atoms with Gasteiger partial charge in [0, 0.05) is 43.8 Å². The van der Waals surface area contributed by atoms with Crippen LogP contribution in [0.1, 0.15) is 39.5 Å². The van der Waals surface area contributed by atoms with E-state index >= 15 is 0 Å². The number of fused-ring (bicyclic) bond motifs is 1. The fraction of sp³-hybridized carbons (Fsp3) is 1.00. The van der Waals surface area contributed by atoms with E-state index < -0.39 is 0 Å². The van der Waals surface area contributed by atoms with Crippen LogP contribution in [0.25, 0.3) is 0 Å². The molecule has 116 valence electrons. The molecule has 3 heterocycles. The summed E-state index contributed by atoms with van der Waals surface area (Å²) in [5.74, 6) is 0. The van der Waals surface area contributed by atoms with Crippen LogP contribution in [0.5, 0.6) is 0 Å². The minimum atomic E-state index is 0.551. The lowest BCUT2D eigenvalue weighted by molar-refractivity contribution is -0.0132. The van der Waals surface area contributed by atoms with E-state index in [1.807, 2.05) is 0 Å². The molecule has 0 aromatic heterocycles. The summed E-state index contributed by atoms with van der Waals surface area (Å²) in [5, 5.41) is 3.60. The topological polar surface area (TPSA) is 27.7 Å². The molecule has 1 N–H and O–H groups in total. The number of morpholine rings is 1. The molecule has 3 aliphatic heterocycles. The van der Waals surface area contributed by atoms with Crippen molar-refractivity contribution in [1.29, 1.82) is 0 Å². The van der Waals surface area contributed by atoms with Gasteiger partial charge in [-0.15, -0.1) is 0 Å². The van der Waals surface area contributed by atoms with Gasteiger partial charge in [0.1, 0.15) is 0 Å². The smallest absolute Gasteiger partial charge is 0.0620 e. The number of rotatable bonds is 3. The summed E-state index contributed by atoms with van der Waals surface area (Å²) in [6, 6.07) is 2.73. The molecule has 4 heteroatoms. The number of piperidine rings is 1. The van der Waals surface area contributed by atoms with Gasteiger partial charge >= 0.3 is 0 Å². The SMILES string of the molecule is CC(CC1COCCN1)N1CC2CCCCN2CC1C. The molecular formula is C16H31N3O. The van der Waals surface area contributed by atoms with Crippen LogP contribution in [-0.4, -0.2) is 73.4 Å². The molecule has 0 aromatic rings. The van der Waals surface area contributed by atoms with Crippen LogP contribution in [0.2, 0.25) is 0 Å². The summed E-state index contributed by atoms with van der Waals surface area (Å²) in [7, 11) is 0. The summed E-state index contributed by atoms with van der Waals surface area (Å²) in [6.07, 6.45) is 5.45. The zero-order valence-electron chi connectivity index (χ0n) is 13.2. The molecule has 0 aromatic carbocycles. The Kier molecular flexibility index (Phi) is 4.97. The zero-order chi connectivity index (χ0) is 13.9. The number of nitrogens with one attached hydrogen (secondary N) is 1. The lowest BCUT2D eigenvalue weighted by atomic mass is 9.95. The molecule has 3 aliphatic rings. The minimum Gasteiger partial charge on any atom is -0.379 e. The Hall–Kier alpha value is -0.160. The van der Waals surface area contributed by atoms with Crippen molar-refractivity contribution in [3.05, 3.63) is 0 Å². The molecule has 0 amide bonds. The Labute approximate surface area is 123 Å². The van der Waals surface area contributed by atoms with Gasteiger partial charge in [0.25, 0.3) is 0 Å². The molecule has 0 radical (unpaired) electrons. The van der Waals surface area contributed by atoms with Crippen molar-refractivity contribution in [2.24, 2.45) is 0 Å².